The molecule has 0 bridgehead atoms. The second kappa shape index (κ2) is 7.49. The van der Waals surface area contributed by atoms with Gasteiger partial charge in [0.25, 0.3) is 5.91 Å². The van der Waals surface area contributed by atoms with Gasteiger partial charge in [-0.05, 0) is 37.8 Å². The van der Waals surface area contributed by atoms with Gasteiger partial charge in [-0.2, -0.15) is 4.99 Å². The number of ether oxygens (including phenoxy) is 3. The van der Waals surface area contributed by atoms with Gasteiger partial charge in [0.2, 0.25) is 0 Å². The number of morpholine rings is 1. The van der Waals surface area contributed by atoms with E-state index in [4.69, 9.17) is 14.2 Å². The van der Waals surface area contributed by atoms with Crippen LogP contribution >= 0.6 is 11.8 Å². The van der Waals surface area contributed by atoms with E-state index in [0.717, 1.165) is 23.8 Å². The van der Waals surface area contributed by atoms with Crippen molar-refractivity contribution >= 4 is 28.9 Å². The van der Waals surface area contributed by atoms with Gasteiger partial charge >= 0.3 is 0 Å². The van der Waals surface area contributed by atoms with E-state index in [1.165, 1.54) is 11.8 Å². The second-order valence-corrected chi connectivity index (χ2v) is 7.06. The summed E-state index contributed by atoms with van der Waals surface area (Å²) in [7, 11) is 3.17. The first-order chi connectivity index (χ1) is 12.0. The van der Waals surface area contributed by atoms with Gasteiger partial charge in [0.1, 0.15) is 0 Å². The normalized spacial score (nSPS) is 25.3. The molecule has 2 atom stereocenters. The van der Waals surface area contributed by atoms with Crippen molar-refractivity contribution in [2.75, 3.05) is 27.3 Å². The molecule has 0 aromatic heterocycles. The van der Waals surface area contributed by atoms with Gasteiger partial charge in [-0.15, -0.1) is 0 Å². The van der Waals surface area contributed by atoms with E-state index in [1.807, 2.05) is 32.0 Å². The number of hydrogen-bond acceptors (Lipinski definition) is 6. The average molecular weight is 362 g/mol. The topological polar surface area (TPSA) is 60.4 Å². The highest BCUT2D eigenvalue weighted by Gasteiger charge is 2.31. The summed E-state index contributed by atoms with van der Waals surface area (Å²) in [4.78, 5) is 19.3. The van der Waals surface area contributed by atoms with E-state index in [2.05, 4.69) is 9.89 Å². The number of rotatable bonds is 3. The maximum Gasteiger partial charge on any atom is 0.286 e. The lowest BCUT2D eigenvalue weighted by molar-refractivity contribution is -0.113. The third kappa shape index (κ3) is 3.82. The third-order valence-electron chi connectivity index (χ3n) is 4.02. The van der Waals surface area contributed by atoms with Crippen LogP contribution in [-0.2, 0) is 9.53 Å². The van der Waals surface area contributed by atoms with Crippen LogP contribution in [0.4, 0.5) is 0 Å². The minimum Gasteiger partial charge on any atom is -0.493 e. The van der Waals surface area contributed by atoms with Crippen LogP contribution < -0.4 is 9.47 Å². The van der Waals surface area contributed by atoms with Crippen molar-refractivity contribution in [1.82, 2.24) is 4.90 Å². The molecule has 0 spiro atoms. The number of methoxy groups -OCH3 is 2. The Bertz CT molecular complexity index is 722. The molecular weight excluding hydrogens is 340 g/mol. The van der Waals surface area contributed by atoms with Crippen LogP contribution in [0.3, 0.4) is 0 Å². The minimum atomic E-state index is -0.225. The summed E-state index contributed by atoms with van der Waals surface area (Å²) in [5.41, 5.74) is 0.790. The Morgan fingerprint density at radius 3 is 2.60 bits per heavy atom. The molecule has 1 fully saturated rings. The quantitative estimate of drug-likeness (QED) is 0.771. The summed E-state index contributed by atoms with van der Waals surface area (Å²) in [6.07, 6.45) is 2.04. The zero-order chi connectivity index (χ0) is 18.0. The van der Waals surface area contributed by atoms with E-state index in [1.54, 1.807) is 20.3 Å². The molecule has 1 aromatic carbocycles. The van der Waals surface area contributed by atoms with E-state index in [0.29, 0.717) is 16.4 Å². The van der Waals surface area contributed by atoms with Gasteiger partial charge in [-0.3, -0.25) is 4.79 Å². The van der Waals surface area contributed by atoms with Crippen LogP contribution in [0.1, 0.15) is 19.4 Å². The fraction of sp³-hybridized carbons (Fsp3) is 0.444. The van der Waals surface area contributed by atoms with Crippen molar-refractivity contribution < 1.29 is 19.0 Å². The van der Waals surface area contributed by atoms with Gasteiger partial charge in [0.05, 0.1) is 31.3 Å². The molecule has 0 radical (unpaired) electrons. The Labute approximate surface area is 151 Å². The summed E-state index contributed by atoms with van der Waals surface area (Å²) < 4.78 is 16.5. The van der Waals surface area contributed by atoms with Gasteiger partial charge in [-0.1, -0.05) is 12.1 Å². The molecule has 1 aromatic rings. The molecule has 2 aliphatic heterocycles. The first-order valence-electron chi connectivity index (χ1n) is 8.15. The van der Waals surface area contributed by atoms with Crippen molar-refractivity contribution in [3.05, 3.63) is 28.7 Å². The van der Waals surface area contributed by atoms with Gasteiger partial charge in [0, 0.05) is 18.7 Å². The molecule has 7 heteroatoms. The summed E-state index contributed by atoms with van der Waals surface area (Å²) in [6.45, 7) is 5.53. The average Bonchev–Trinajstić information content (AvgIpc) is 2.94. The van der Waals surface area contributed by atoms with Crippen molar-refractivity contribution in [1.29, 1.82) is 0 Å². The number of para-hydroxylation sites is 1. The number of amidine groups is 1. The highest BCUT2D eigenvalue weighted by atomic mass is 32.2. The lowest BCUT2D eigenvalue weighted by Crippen LogP contribution is -2.47. The predicted octanol–water partition coefficient (Wildman–Crippen LogP) is 2.78. The fourth-order valence-electron chi connectivity index (χ4n) is 3.03. The Morgan fingerprint density at radius 1 is 1.24 bits per heavy atom. The van der Waals surface area contributed by atoms with Crippen molar-refractivity contribution in [3.63, 3.8) is 0 Å². The number of carbonyl (C=O) groups excluding carboxylic acids is 1. The molecule has 2 aliphatic rings. The summed E-state index contributed by atoms with van der Waals surface area (Å²) in [5.74, 6) is 1.01. The summed E-state index contributed by atoms with van der Waals surface area (Å²) in [6, 6.07) is 5.58. The van der Waals surface area contributed by atoms with Crippen LogP contribution in [0.5, 0.6) is 11.5 Å². The van der Waals surface area contributed by atoms with Gasteiger partial charge < -0.3 is 19.1 Å². The molecule has 0 aliphatic carbocycles. The largest absolute Gasteiger partial charge is 0.493 e. The minimum absolute atomic E-state index is 0.119. The van der Waals surface area contributed by atoms with Crippen molar-refractivity contribution in [3.8, 4) is 11.5 Å². The highest BCUT2D eigenvalue weighted by Crippen LogP contribution is 2.36. The highest BCUT2D eigenvalue weighted by molar-refractivity contribution is 8.18. The molecular formula is C18H22N2O4S. The van der Waals surface area contributed by atoms with Crippen LogP contribution in [-0.4, -0.2) is 55.5 Å². The number of benzene rings is 1. The zero-order valence-corrected chi connectivity index (χ0v) is 15.6. The zero-order valence-electron chi connectivity index (χ0n) is 14.8. The predicted molar refractivity (Wildman–Crippen MR) is 99.1 cm³/mol. The monoisotopic (exact) mass is 362 g/mol. The molecule has 25 heavy (non-hydrogen) atoms. The molecule has 0 unspecified atom stereocenters. The SMILES string of the molecule is COc1cccc(/C=C2/SC(N3C[C@@H](C)O[C@@H](C)C3)=NC2=O)c1OC. The van der Waals surface area contributed by atoms with Crippen LogP contribution in [0, 0.1) is 0 Å². The van der Waals surface area contributed by atoms with E-state index < -0.39 is 0 Å². The number of hydrogen-bond donors (Lipinski definition) is 0. The van der Waals surface area contributed by atoms with E-state index >= 15 is 0 Å². The Balaban J connectivity index is 1.82. The first-order valence-corrected chi connectivity index (χ1v) is 8.97. The first kappa shape index (κ1) is 17.8. The van der Waals surface area contributed by atoms with Gasteiger partial charge in [0.15, 0.2) is 16.7 Å². The molecule has 134 valence electrons. The number of nitrogens with zero attached hydrogens (tertiary/aromatic N) is 2. The molecule has 1 saturated heterocycles. The maximum absolute atomic E-state index is 12.3. The number of amides is 1. The van der Waals surface area contributed by atoms with Crippen LogP contribution in [0.25, 0.3) is 6.08 Å². The standard InChI is InChI=1S/C18H22N2O4S/c1-11-9-20(10-12(2)24-11)18-19-17(21)15(25-18)8-13-6-5-7-14(22-3)16(13)23-4/h5-8,11-12H,9-10H2,1-4H3/b15-8+/t11-,12+. The lowest BCUT2D eigenvalue weighted by atomic mass is 10.1. The molecule has 0 saturated carbocycles. The van der Waals surface area contributed by atoms with Gasteiger partial charge in [-0.25, -0.2) is 0 Å². The maximum atomic E-state index is 12.3. The lowest BCUT2D eigenvalue weighted by Gasteiger charge is -2.35. The van der Waals surface area contributed by atoms with E-state index in [9.17, 15) is 4.79 Å². The number of thioether (sulfide) groups is 1. The number of carbonyl (C=O) groups is 1. The van der Waals surface area contributed by atoms with Crippen LogP contribution in [0.15, 0.2) is 28.1 Å². The Hall–Kier alpha value is -1.99. The fourth-order valence-corrected chi connectivity index (χ4v) is 3.96. The molecule has 3 rings (SSSR count). The van der Waals surface area contributed by atoms with Crippen LogP contribution in [0.2, 0.25) is 0 Å². The van der Waals surface area contributed by atoms with E-state index in [-0.39, 0.29) is 18.1 Å². The number of aliphatic imine (C=N–C) groups is 1. The molecule has 0 N–H and O–H groups in total. The Kier molecular flexibility index (Phi) is 5.34. The molecule has 6 nitrogen and oxygen atoms in total. The Morgan fingerprint density at radius 2 is 1.96 bits per heavy atom. The molecule has 1 amide bonds. The molecule has 2 heterocycles. The van der Waals surface area contributed by atoms with Crippen molar-refractivity contribution in [2.45, 2.75) is 26.1 Å². The smallest absolute Gasteiger partial charge is 0.286 e. The summed E-state index contributed by atoms with van der Waals surface area (Å²) >= 11 is 1.39. The second-order valence-electron chi connectivity index (χ2n) is 6.06. The third-order valence-corrected chi connectivity index (χ3v) is 5.06. The van der Waals surface area contributed by atoms with Crippen molar-refractivity contribution in [2.24, 2.45) is 4.99 Å². The summed E-state index contributed by atoms with van der Waals surface area (Å²) in [5, 5.41) is 0.736.